The molecule has 0 radical (unpaired) electrons. The fraction of sp³-hybridized carbons (Fsp3) is 0.393. The lowest BCUT2D eigenvalue weighted by Gasteiger charge is -2.27. The molecule has 1 amide bonds. The van der Waals surface area contributed by atoms with Gasteiger partial charge < -0.3 is 10.4 Å². The van der Waals surface area contributed by atoms with Gasteiger partial charge in [-0.1, -0.05) is 24.3 Å². The van der Waals surface area contributed by atoms with Gasteiger partial charge in [-0.3, -0.25) is 14.6 Å². The van der Waals surface area contributed by atoms with Gasteiger partial charge in [0, 0.05) is 24.0 Å². The standard InChI is InChI=1S/C28H31N5O2/c1-28(2)22-16-29-27(30-19-8-5-7-18(15-19)17-32-13-3-4-14-32)31-25(22)33(26(28)35)23-12-11-21-20(23)9-6-10-24(21)34/h5-10,15-16,23,34H,3-4,11-14,17H2,1-2H3,(H,29,30,31). The largest absolute Gasteiger partial charge is 0.508 e. The van der Waals surface area contributed by atoms with E-state index < -0.39 is 5.41 Å². The Morgan fingerprint density at radius 2 is 1.94 bits per heavy atom. The van der Waals surface area contributed by atoms with E-state index in [1.807, 2.05) is 36.9 Å². The summed E-state index contributed by atoms with van der Waals surface area (Å²) in [5, 5.41) is 13.7. The SMILES string of the molecule is CC1(C)C(=O)N(C2CCc3c(O)cccc32)c2nc(Nc3cccc(CN4CCCC4)c3)ncc21. The van der Waals surface area contributed by atoms with Gasteiger partial charge in [-0.15, -0.1) is 0 Å². The number of phenols is 1. The van der Waals surface area contributed by atoms with Crippen LogP contribution < -0.4 is 10.2 Å². The van der Waals surface area contributed by atoms with E-state index in [0.717, 1.165) is 54.9 Å². The predicted octanol–water partition coefficient (Wildman–Crippen LogP) is 4.83. The fourth-order valence-corrected chi connectivity index (χ4v) is 5.82. The second-order valence-electron chi connectivity index (χ2n) is 10.4. The first-order valence-electron chi connectivity index (χ1n) is 12.5. The van der Waals surface area contributed by atoms with Gasteiger partial charge in [0.15, 0.2) is 0 Å². The Morgan fingerprint density at radius 1 is 1.14 bits per heavy atom. The van der Waals surface area contributed by atoms with E-state index in [-0.39, 0.29) is 11.9 Å². The number of aromatic nitrogens is 2. The van der Waals surface area contributed by atoms with Crippen molar-refractivity contribution < 1.29 is 9.90 Å². The smallest absolute Gasteiger partial charge is 0.239 e. The summed E-state index contributed by atoms with van der Waals surface area (Å²) >= 11 is 0. The molecule has 3 heterocycles. The Bertz CT molecular complexity index is 1300. The van der Waals surface area contributed by atoms with Gasteiger partial charge in [0.2, 0.25) is 11.9 Å². The maximum atomic E-state index is 13.6. The summed E-state index contributed by atoms with van der Waals surface area (Å²) in [6.07, 6.45) is 5.84. The third-order valence-corrected chi connectivity index (χ3v) is 7.74. The van der Waals surface area contributed by atoms with Crippen LogP contribution in [0, 0.1) is 0 Å². The summed E-state index contributed by atoms with van der Waals surface area (Å²) in [5.41, 5.74) is 4.27. The molecule has 7 heteroatoms. The number of hydrogen-bond donors (Lipinski definition) is 2. The number of aromatic hydroxyl groups is 1. The molecule has 1 atom stereocenters. The number of hydrogen-bond acceptors (Lipinski definition) is 6. The van der Waals surface area contributed by atoms with Crippen LogP contribution in [0.2, 0.25) is 0 Å². The quantitative estimate of drug-likeness (QED) is 0.557. The number of fused-ring (bicyclic) bond motifs is 2. The Labute approximate surface area is 205 Å². The lowest BCUT2D eigenvalue weighted by atomic mass is 9.88. The zero-order valence-electron chi connectivity index (χ0n) is 20.3. The summed E-state index contributed by atoms with van der Waals surface area (Å²) in [7, 11) is 0. The van der Waals surface area contributed by atoms with E-state index >= 15 is 0 Å². The van der Waals surface area contributed by atoms with Crippen LogP contribution in [-0.2, 0) is 23.2 Å². The number of phenolic OH excluding ortho intramolecular Hbond substituents is 1. The topological polar surface area (TPSA) is 81.6 Å². The van der Waals surface area contributed by atoms with Gasteiger partial charge in [-0.05, 0) is 87.5 Å². The molecule has 1 saturated heterocycles. The lowest BCUT2D eigenvalue weighted by molar-refractivity contribution is -0.122. The molecule has 1 aliphatic carbocycles. The highest BCUT2D eigenvalue weighted by atomic mass is 16.3. The van der Waals surface area contributed by atoms with E-state index in [9.17, 15) is 9.90 Å². The van der Waals surface area contributed by atoms with Crippen LogP contribution in [-0.4, -0.2) is 39.0 Å². The summed E-state index contributed by atoms with van der Waals surface area (Å²) < 4.78 is 0. The molecule has 1 aromatic heterocycles. The number of amides is 1. The molecule has 180 valence electrons. The van der Waals surface area contributed by atoms with Gasteiger partial charge >= 0.3 is 0 Å². The number of rotatable bonds is 5. The monoisotopic (exact) mass is 469 g/mol. The van der Waals surface area contributed by atoms with E-state index in [1.54, 1.807) is 12.3 Å². The van der Waals surface area contributed by atoms with Crippen molar-refractivity contribution >= 4 is 23.4 Å². The first kappa shape index (κ1) is 22.0. The molecule has 1 fully saturated rings. The molecule has 6 rings (SSSR count). The van der Waals surface area contributed by atoms with Gasteiger partial charge in [0.25, 0.3) is 0 Å². The number of anilines is 3. The highest BCUT2D eigenvalue weighted by molar-refractivity contribution is 6.07. The number of nitrogens with one attached hydrogen (secondary N) is 1. The van der Waals surface area contributed by atoms with E-state index in [2.05, 4.69) is 33.4 Å². The molecular formula is C28H31N5O2. The number of carbonyl (C=O) groups is 1. The van der Waals surface area contributed by atoms with Crippen molar-refractivity contribution in [3.05, 3.63) is 70.9 Å². The van der Waals surface area contributed by atoms with E-state index in [0.29, 0.717) is 17.5 Å². The lowest BCUT2D eigenvalue weighted by Crippen LogP contribution is -2.38. The molecule has 7 nitrogen and oxygen atoms in total. The summed E-state index contributed by atoms with van der Waals surface area (Å²) in [5.74, 6) is 1.46. The number of nitrogens with zero attached hydrogens (tertiary/aromatic N) is 4. The molecule has 0 saturated carbocycles. The summed E-state index contributed by atoms with van der Waals surface area (Å²) in [6, 6.07) is 13.8. The van der Waals surface area contributed by atoms with Gasteiger partial charge in [0.05, 0.1) is 11.5 Å². The molecule has 3 aromatic rings. The molecule has 3 aliphatic rings. The van der Waals surface area contributed by atoms with Crippen LogP contribution in [0.3, 0.4) is 0 Å². The van der Waals surface area contributed by atoms with Crippen LogP contribution in [0.15, 0.2) is 48.7 Å². The van der Waals surface area contributed by atoms with Crippen molar-refractivity contribution in [3.63, 3.8) is 0 Å². The Morgan fingerprint density at radius 3 is 2.77 bits per heavy atom. The average molecular weight is 470 g/mol. The van der Waals surface area contributed by atoms with E-state index in [1.165, 1.54) is 18.4 Å². The normalized spacial score (nSPS) is 20.8. The summed E-state index contributed by atoms with van der Waals surface area (Å²) in [4.78, 5) is 27.4. The van der Waals surface area contributed by atoms with Crippen molar-refractivity contribution in [3.8, 4) is 5.75 Å². The number of likely N-dealkylation sites (tertiary alicyclic amines) is 1. The number of benzene rings is 2. The molecular weight excluding hydrogens is 438 g/mol. The second kappa shape index (κ2) is 8.34. The molecule has 0 spiro atoms. The fourth-order valence-electron chi connectivity index (χ4n) is 5.82. The van der Waals surface area contributed by atoms with Crippen molar-refractivity contribution in [2.45, 2.75) is 57.5 Å². The van der Waals surface area contributed by atoms with Gasteiger partial charge in [-0.2, -0.15) is 4.98 Å². The Kier molecular flexibility index (Phi) is 5.25. The maximum Gasteiger partial charge on any atom is 0.239 e. The van der Waals surface area contributed by atoms with E-state index in [4.69, 9.17) is 4.98 Å². The first-order chi connectivity index (χ1) is 16.9. The Hall–Kier alpha value is -3.45. The van der Waals surface area contributed by atoms with Gasteiger partial charge in [-0.25, -0.2) is 4.98 Å². The van der Waals surface area contributed by atoms with Crippen molar-refractivity contribution in [2.24, 2.45) is 0 Å². The van der Waals surface area contributed by atoms with Crippen LogP contribution in [0.4, 0.5) is 17.5 Å². The van der Waals surface area contributed by atoms with Gasteiger partial charge in [0.1, 0.15) is 11.6 Å². The molecule has 2 aromatic carbocycles. The summed E-state index contributed by atoms with van der Waals surface area (Å²) in [6.45, 7) is 7.14. The zero-order valence-corrected chi connectivity index (χ0v) is 20.3. The molecule has 35 heavy (non-hydrogen) atoms. The van der Waals surface area contributed by atoms with Crippen LogP contribution >= 0.6 is 0 Å². The number of carbonyl (C=O) groups excluding carboxylic acids is 1. The molecule has 0 bridgehead atoms. The predicted molar refractivity (Wildman–Crippen MR) is 136 cm³/mol. The van der Waals surface area contributed by atoms with Crippen LogP contribution in [0.1, 0.15) is 61.4 Å². The Balaban J connectivity index is 1.31. The zero-order chi connectivity index (χ0) is 24.2. The average Bonchev–Trinajstić information content (AvgIpc) is 3.54. The minimum atomic E-state index is -0.705. The highest BCUT2D eigenvalue weighted by Gasteiger charge is 2.49. The minimum absolute atomic E-state index is 0.0211. The van der Waals surface area contributed by atoms with Crippen molar-refractivity contribution in [2.75, 3.05) is 23.3 Å². The van der Waals surface area contributed by atoms with Crippen molar-refractivity contribution in [1.29, 1.82) is 0 Å². The third kappa shape index (κ3) is 3.74. The molecule has 2 N–H and O–H groups in total. The first-order valence-corrected chi connectivity index (χ1v) is 12.5. The molecule has 1 unspecified atom stereocenters. The molecule has 2 aliphatic heterocycles. The van der Waals surface area contributed by atoms with Crippen molar-refractivity contribution in [1.82, 2.24) is 14.9 Å². The highest BCUT2D eigenvalue weighted by Crippen LogP contribution is 2.49. The second-order valence-corrected chi connectivity index (χ2v) is 10.4. The van der Waals surface area contributed by atoms with Crippen LogP contribution in [0.25, 0.3) is 0 Å². The minimum Gasteiger partial charge on any atom is -0.508 e. The maximum absolute atomic E-state index is 13.6. The van der Waals surface area contributed by atoms with Crippen LogP contribution in [0.5, 0.6) is 5.75 Å². The third-order valence-electron chi connectivity index (χ3n) is 7.74.